The van der Waals surface area contributed by atoms with Gasteiger partial charge in [-0.1, -0.05) is 5.16 Å². The molecular formula is C20H21FN4O3. The van der Waals surface area contributed by atoms with Crippen LogP contribution in [0, 0.1) is 19.7 Å². The molecule has 1 atom stereocenters. The van der Waals surface area contributed by atoms with E-state index >= 15 is 0 Å². The summed E-state index contributed by atoms with van der Waals surface area (Å²) in [6.07, 6.45) is 2.23. The molecule has 1 N–H and O–H groups in total. The SMILES string of the molecule is Cc1noc(C)c1CO[C@H]1CCN(C(=O)c2cn[nH]c2-c2ccc(F)cc2)C1. The van der Waals surface area contributed by atoms with Crippen LogP contribution in [0.2, 0.25) is 0 Å². The third-order valence-electron chi connectivity index (χ3n) is 5.08. The van der Waals surface area contributed by atoms with Crippen LogP contribution in [0.15, 0.2) is 35.0 Å². The van der Waals surface area contributed by atoms with Gasteiger partial charge in [-0.05, 0) is 44.5 Å². The molecule has 1 aliphatic rings. The van der Waals surface area contributed by atoms with Crippen LogP contribution in [0.3, 0.4) is 0 Å². The van der Waals surface area contributed by atoms with E-state index in [0.717, 1.165) is 23.4 Å². The van der Waals surface area contributed by atoms with Gasteiger partial charge in [-0.25, -0.2) is 4.39 Å². The molecule has 28 heavy (non-hydrogen) atoms. The van der Waals surface area contributed by atoms with Crippen molar-refractivity contribution in [3.05, 3.63) is 58.9 Å². The van der Waals surface area contributed by atoms with Crippen molar-refractivity contribution >= 4 is 5.91 Å². The molecule has 0 spiro atoms. The summed E-state index contributed by atoms with van der Waals surface area (Å²) in [5.41, 5.74) is 3.56. The third-order valence-corrected chi connectivity index (χ3v) is 5.08. The van der Waals surface area contributed by atoms with E-state index in [1.165, 1.54) is 18.3 Å². The molecule has 1 amide bonds. The molecule has 2 aromatic heterocycles. The predicted molar refractivity (Wildman–Crippen MR) is 99.1 cm³/mol. The van der Waals surface area contributed by atoms with Crippen LogP contribution >= 0.6 is 0 Å². The molecule has 3 aromatic rings. The number of hydrogen-bond donors (Lipinski definition) is 1. The molecule has 1 aliphatic heterocycles. The predicted octanol–water partition coefficient (Wildman–Crippen LogP) is 3.25. The van der Waals surface area contributed by atoms with E-state index in [4.69, 9.17) is 9.26 Å². The van der Waals surface area contributed by atoms with Gasteiger partial charge in [0, 0.05) is 24.2 Å². The van der Waals surface area contributed by atoms with Gasteiger partial charge < -0.3 is 14.2 Å². The second-order valence-electron chi connectivity index (χ2n) is 6.94. The summed E-state index contributed by atoms with van der Waals surface area (Å²) in [5, 5.41) is 10.8. The molecule has 7 nitrogen and oxygen atoms in total. The molecule has 1 fully saturated rings. The minimum absolute atomic E-state index is 0.0428. The molecule has 8 heteroatoms. The molecule has 0 radical (unpaired) electrons. The summed E-state index contributed by atoms with van der Waals surface area (Å²) < 4.78 is 24.3. The van der Waals surface area contributed by atoms with Gasteiger partial charge in [0.05, 0.1) is 35.9 Å². The fraction of sp³-hybridized carbons (Fsp3) is 0.350. The number of ether oxygens (including phenoxy) is 1. The van der Waals surface area contributed by atoms with E-state index in [1.807, 2.05) is 13.8 Å². The number of aromatic amines is 1. The minimum atomic E-state index is -0.325. The first-order chi connectivity index (χ1) is 13.5. The lowest BCUT2D eigenvalue weighted by molar-refractivity contribution is 0.0430. The van der Waals surface area contributed by atoms with Crippen molar-refractivity contribution in [1.82, 2.24) is 20.3 Å². The summed E-state index contributed by atoms with van der Waals surface area (Å²) in [6, 6.07) is 5.97. The number of carbonyl (C=O) groups excluding carboxylic acids is 1. The zero-order valence-corrected chi connectivity index (χ0v) is 15.7. The summed E-state index contributed by atoms with van der Waals surface area (Å²) >= 11 is 0. The Balaban J connectivity index is 1.41. The van der Waals surface area contributed by atoms with Gasteiger partial charge in [0.25, 0.3) is 5.91 Å². The van der Waals surface area contributed by atoms with E-state index in [1.54, 1.807) is 17.0 Å². The number of aromatic nitrogens is 3. The highest BCUT2D eigenvalue weighted by molar-refractivity contribution is 5.99. The number of halogens is 1. The summed E-state index contributed by atoms with van der Waals surface area (Å²) in [7, 11) is 0. The fourth-order valence-corrected chi connectivity index (χ4v) is 3.41. The largest absolute Gasteiger partial charge is 0.371 e. The first-order valence-corrected chi connectivity index (χ1v) is 9.15. The number of likely N-dealkylation sites (tertiary alicyclic amines) is 1. The molecule has 4 rings (SSSR count). The lowest BCUT2D eigenvalue weighted by atomic mass is 10.1. The van der Waals surface area contributed by atoms with Gasteiger partial charge in [0.15, 0.2) is 0 Å². The molecule has 146 valence electrons. The van der Waals surface area contributed by atoms with Gasteiger partial charge in [-0.15, -0.1) is 0 Å². The van der Waals surface area contributed by atoms with E-state index in [0.29, 0.717) is 36.5 Å². The number of rotatable bonds is 5. The highest BCUT2D eigenvalue weighted by atomic mass is 19.1. The second-order valence-corrected chi connectivity index (χ2v) is 6.94. The van der Waals surface area contributed by atoms with Gasteiger partial charge in [0.1, 0.15) is 11.6 Å². The highest BCUT2D eigenvalue weighted by Crippen LogP contribution is 2.25. The summed E-state index contributed by atoms with van der Waals surface area (Å²) in [5.74, 6) is 0.316. The van der Waals surface area contributed by atoms with E-state index < -0.39 is 0 Å². The standard InChI is InChI=1S/C20H21FN4O3/c1-12-18(13(2)28-24-12)11-27-16-7-8-25(10-16)20(26)17-9-22-23-19(17)14-3-5-15(21)6-4-14/h3-6,9,16H,7-8,10-11H2,1-2H3,(H,22,23)/t16-/m0/s1. The number of nitrogens with one attached hydrogen (secondary N) is 1. The van der Waals surface area contributed by atoms with E-state index in [-0.39, 0.29) is 17.8 Å². The van der Waals surface area contributed by atoms with Crippen LogP contribution in [0.1, 0.15) is 33.8 Å². The number of amides is 1. The monoisotopic (exact) mass is 384 g/mol. The average Bonchev–Trinajstić information content (AvgIpc) is 3.42. The number of aryl methyl sites for hydroxylation is 2. The zero-order chi connectivity index (χ0) is 19.7. The summed E-state index contributed by atoms with van der Waals surface area (Å²) in [6.45, 7) is 5.28. The van der Waals surface area contributed by atoms with Crippen LogP contribution in [-0.4, -0.2) is 45.4 Å². The quantitative estimate of drug-likeness (QED) is 0.730. The van der Waals surface area contributed by atoms with Gasteiger partial charge in [-0.2, -0.15) is 5.10 Å². The lowest BCUT2D eigenvalue weighted by Gasteiger charge is -2.17. The second kappa shape index (κ2) is 7.55. The van der Waals surface area contributed by atoms with E-state index in [2.05, 4.69) is 15.4 Å². The van der Waals surface area contributed by atoms with Gasteiger partial charge >= 0.3 is 0 Å². The smallest absolute Gasteiger partial charge is 0.257 e. The molecule has 0 unspecified atom stereocenters. The van der Waals surface area contributed by atoms with Crippen molar-refractivity contribution in [3.63, 3.8) is 0 Å². The van der Waals surface area contributed by atoms with Crippen LogP contribution in [0.25, 0.3) is 11.3 Å². The van der Waals surface area contributed by atoms with Gasteiger partial charge in [-0.3, -0.25) is 9.89 Å². The number of nitrogens with zero attached hydrogens (tertiary/aromatic N) is 3. The lowest BCUT2D eigenvalue weighted by Crippen LogP contribution is -2.30. The maximum atomic E-state index is 13.2. The first kappa shape index (κ1) is 18.4. The number of benzene rings is 1. The van der Waals surface area contributed by atoms with Gasteiger partial charge in [0.2, 0.25) is 0 Å². The Morgan fingerprint density at radius 1 is 1.36 bits per heavy atom. The van der Waals surface area contributed by atoms with Crippen molar-refractivity contribution in [1.29, 1.82) is 0 Å². The number of carbonyl (C=O) groups is 1. The molecule has 0 aliphatic carbocycles. The van der Waals surface area contributed by atoms with Crippen molar-refractivity contribution in [3.8, 4) is 11.3 Å². The minimum Gasteiger partial charge on any atom is -0.371 e. The van der Waals surface area contributed by atoms with E-state index in [9.17, 15) is 9.18 Å². The fourth-order valence-electron chi connectivity index (χ4n) is 3.41. The van der Waals surface area contributed by atoms with Crippen LogP contribution in [0.5, 0.6) is 0 Å². The first-order valence-electron chi connectivity index (χ1n) is 9.15. The third kappa shape index (κ3) is 3.55. The summed E-state index contributed by atoms with van der Waals surface area (Å²) in [4.78, 5) is 14.7. The Hall–Kier alpha value is -3.00. The van der Waals surface area contributed by atoms with Crippen LogP contribution < -0.4 is 0 Å². The van der Waals surface area contributed by atoms with Crippen molar-refractivity contribution in [2.75, 3.05) is 13.1 Å². The zero-order valence-electron chi connectivity index (χ0n) is 15.7. The molecule has 0 bridgehead atoms. The molecule has 1 saturated heterocycles. The average molecular weight is 384 g/mol. The van der Waals surface area contributed by atoms with Crippen molar-refractivity contribution < 1.29 is 18.4 Å². The Bertz CT molecular complexity index is 960. The topological polar surface area (TPSA) is 84.2 Å². The molecular weight excluding hydrogens is 363 g/mol. The normalized spacial score (nSPS) is 16.7. The maximum absolute atomic E-state index is 13.2. The molecule has 1 aromatic carbocycles. The van der Waals surface area contributed by atoms with Crippen LogP contribution in [-0.2, 0) is 11.3 Å². The molecule has 0 saturated carbocycles. The Kier molecular flexibility index (Phi) is 4.95. The highest BCUT2D eigenvalue weighted by Gasteiger charge is 2.30. The van der Waals surface area contributed by atoms with Crippen molar-refractivity contribution in [2.24, 2.45) is 0 Å². The Labute approximate surface area is 161 Å². The maximum Gasteiger partial charge on any atom is 0.257 e. The molecule has 3 heterocycles. The Morgan fingerprint density at radius 2 is 2.14 bits per heavy atom. The number of H-pyrrole nitrogens is 1. The Morgan fingerprint density at radius 3 is 2.86 bits per heavy atom. The number of hydrogen-bond acceptors (Lipinski definition) is 5. The van der Waals surface area contributed by atoms with Crippen LogP contribution in [0.4, 0.5) is 4.39 Å². The van der Waals surface area contributed by atoms with Crippen molar-refractivity contribution in [2.45, 2.75) is 33.0 Å².